The second kappa shape index (κ2) is 7.65. The monoisotopic (exact) mass is 344 g/mol. The lowest BCUT2D eigenvalue weighted by atomic mass is 10.3. The molecule has 1 aromatic heterocycles. The SMILES string of the molecule is COc1ccc(N2CCN(CC(=O)NCCn3cncn3)C2=O)cc1. The summed E-state index contributed by atoms with van der Waals surface area (Å²) in [4.78, 5) is 31.5. The van der Waals surface area contributed by atoms with Gasteiger partial charge in [0.15, 0.2) is 0 Å². The van der Waals surface area contributed by atoms with Crippen LogP contribution < -0.4 is 15.0 Å². The van der Waals surface area contributed by atoms with Crippen molar-refractivity contribution < 1.29 is 14.3 Å². The van der Waals surface area contributed by atoms with Gasteiger partial charge < -0.3 is 15.0 Å². The van der Waals surface area contributed by atoms with Gasteiger partial charge in [0.2, 0.25) is 5.91 Å². The summed E-state index contributed by atoms with van der Waals surface area (Å²) in [6.45, 7) is 2.09. The van der Waals surface area contributed by atoms with Crippen LogP contribution in [0, 0.1) is 0 Å². The summed E-state index contributed by atoms with van der Waals surface area (Å²) in [5, 5.41) is 6.74. The lowest BCUT2D eigenvalue weighted by Gasteiger charge is -2.18. The van der Waals surface area contributed by atoms with Crippen molar-refractivity contribution in [3.05, 3.63) is 36.9 Å². The summed E-state index contributed by atoms with van der Waals surface area (Å²) in [5.41, 5.74) is 0.792. The molecule has 132 valence electrons. The average Bonchev–Trinajstić information content (AvgIpc) is 3.26. The van der Waals surface area contributed by atoms with Gasteiger partial charge in [-0.1, -0.05) is 0 Å². The molecule has 9 heteroatoms. The Bertz CT molecular complexity index is 716. The number of rotatable bonds is 7. The molecule has 0 unspecified atom stereocenters. The van der Waals surface area contributed by atoms with Crippen molar-refractivity contribution in [2.24, 2.45) is 0 Å². The maximum Gasteiger partial charge on any atom is 0.325 e. The van der Waals surface area contributed by atoms with Crippen molar-refractivity contribution in [3.8, 4) is 5.75 Å². The highest BCUT2D eigenvalue weighted by molar-refractivity contribution is 5.96. The number of benzene rings is 1. The zero-order chi connectivity index (χ0) is 17.6. The Labute approximate surface area is 145 Å². The molecule has 0 radical (unpaired) electrons. The number of methoxy groups -OCH3 is 1. The van der Waals surface area contributed by atoms with E-state index in [1.807, 2.05) is 24.3 Å². The van der Waals surface area contributed by atoms with Crippen LogP contribution in [-0.4, -0.2) is 64.9 Å². The van der Waals surface area contributed by atoms with Crippen molar-refractivity contribution in [2.45, 2.75) is 6.54 Å². The van der Waals surface area contributed by atoms with Gasteiger partial charge in [-0.25, -0.2) is 9.78 Å². The normalized spacial score (nSPS) is 14.0. The van der Waals surface area contributed by atoms with Crippen LogP contribution in [0.4, 0.5) is 10.5 Å². The maximum atomic E-state index is 12.5. The molecule has 0 bridgehead atoms. The van der Waals surface area contributed by atoms with Crippen molar-refractivity contribution in [1.82, 2.24) is 25.0 Å². The van der Waals surface area contributed by atoms with E-state index in [1.54, 1.807) is 23.0 Å². The van der Waals surface area contributed by atoms with E-state index >= 15 is 0 Å². The summed E-state index contributed by atoms with van der Waals surface area (Å²) in [7, 11) is 1.60. The molecule has 0 atom stereocenters. The Morgan fingerprint density at radius 3 is 2.76 bits per heavy atom. The van der Waals surface area contributed by atoms with Crippen LogP contribution in [-0.2, 0) is 11.3 Å². The fourth-order valence-corrected chi connectivity index (χ4v) is 2.62. The van der Waals surface area contributed by atoms with Crippen molar-refractivity contribution in [1.29, 1.82) is 0 Å². The van der Waals surface area contributed by atoms with Crippen LogP contribution in [0.3, 0.4) is 0 Å². The molecule has 1 aromatic carbocycles. The molecule has 2 aromatic rings. The Hall–Kier alpha value is -3.10. The molecule has 25 heavy (non-hydrogen) atoms. The quantitative estimate of drug-likeness (QED) is 0.782. The molecule has 1 aliphatic heterocycles. The van der Waals surface area contributed by atoms with Crippen LogP contribution in [0.2, 0.25) is 0 Å². The number of aromatic nitrogens is 3. The minimum atomic E-state index is -0.190. The fraction of sp³-hybridized carbons (Fsp3) is 0.375. The number of anilines is 1. The third kappa shape index (κ3) is 4.06. The number of ether oxygens (including phenoxy) is 1. The van der Waals surface area contributed by atoms with Crippen LogP contribution in [0.1, 0.15) is 0 Å². The topological polar surface area (TPSA) is 92.6 Å². The van der Waals surface area contributed by atoms with Gasteiger partial charge >= 0.3 is 6.03 Å². The number of carbonyl (C=O) groups excluding carboxylic acids is 2. The van der Waals surface area contributed by atoms with Gasteiger partial charge in [0, 0.05) is 25.3 Å². The molecule has 3 amide bonds. The lowest BCUT2D eigenvalue weighted by molar-refractivity contribution is -0.121. The van der Waals surface area contributed by atoms with E-state index in [1.165, 1.54) is 11.2 Å². The highest BCUT2D eigenvalue weighted by atomic mass is 16.5. The third-order valence-electron chi connectivity index (χ3n) is 3.94. The number of urea groups is 1. The van der Waals surface area contributed by atoms with E-state index in [4.69, 9.17) is 4.74 Å². The molecule has 3 rings (SSSR count). The number of carbonyl (C=O) groups is 2. The first-order valence-corrected chi connectivity index (χ1v) is 7.97. The third-order valence-corrected chi connectivity index (χ3v) is 3.94. The van der Waals surface area contributed by atoms with Crippen LogP contribution in [0.15, 0.2) is 36.9 Å². The highest BCUT2D eigenvalue weighted by Gasteiger charge is 2.30. The Morgan fingerprint density at radius 1 is 1.28 bits per heavy atom. The second-order valence-corrected chi connectivity index (χ2v) is 5.56. The first kappa shape index (κ1) is 16.7. The minimum absolute atomic E-state index is 0.0445. The molecule has 0 spiro atoms. The average molecular weight is 344 g/mol. The molecule has 1 aliphatic rings. The van der Waals surface area contributed by atoms with E-state index in [-0.39, 0.29) is 18.5 Å². The standard InChI is InChI=1S/C16H20N6O3/c1-25-14-4-2-13(3-5-14)22-9-8-20(16(22)24)10-15(23)18-6-7-21-12-17-11-19-21/h2-5,11-12H,6-10H2,1H3,(H,18,23). The van der Waals surface area contributed by atoms with Gasteiger partial charge in [-0.15, -0.1) is 0 Å². The van der Waals surface area contributed by atoms with E-state index < -0.39 is 0 Å². The predicted octanol–water partition coefficient (Wildman–Crippen LogP) is 0.345. The summed E-state index contributed by atoms with van der Waals surface area (Å²) >= 11 is 0. The number of hydrogen-bond acceptors (Lipinski definition) is 5. The Kier molecular flexibility index (Phi) is 5.12. The van der Waals surface area contributed by atoms with Gasteiger partial charge in [-0.05, 0) is 24.3 Å². The van der Waals surface area contributed by atoms with Crippen LogP contribution in [0.25, 0.3) is 0 Å². The fourth-order valence-electron chi connectivity index (χ4n) is 2.62. The van der Waals surface area contributed by atoms with E-state index in [2.05, 4.69) is 15.4 Å². The molecule has 9 nitrogen and oxygen atoms in total. The van der Waals surface area contributed by atoms with Gasteiger partial charge in [-0.3, -0.25) is 14.4 Å². The Morgan fingerprint density at radius 2 is 2.08 bits per heavy atom. The Balaban J connectivity index is 1.48. The van der Waals surface area contributed by atoms with Gasteiger partial charge in [0.25, 0.3) is 0 Å². The molecule has 1 N–H and O–H groups in total. The van der Waals surface area contributed by atoms with Gasteiger partial charge in [0.1, 0.15) is 24.9 Å². The molecular weight excluding hydrogens is 324 g/mol. The zero-order valence-corrected chi connectivity index (χ0v) is 14.0. The van der Waals surface area contributed by atoms with Gasteiger partial charge in [0.05, 0.1) is 13.7 Å². The van der Waals surface area contributed by atoms with Crippen molar-refractivity contribution >= 4 is 17.6 Å². The first-order valence-electron chi connectivity index (χ1n) is 7.97. The van der Waals surface area contributed by atoms with Crippen molar-refractivity contribution in [3.63, 3.8) is 0 Å². The highest BCUT2D eigenvalue weighted by Crippen LogP contribution is 2.22. The van der Waals surface area contributed by atoms with Crippen molar-refractivity contribution in [2.75, 3.05) is 38.2 Å². The molecule has 1 saturated heterocycles. The van der Waals surface area contributed by atoms with E-state index in [0.29, 0.717) is 26.2 Å². The first-order chi connectivity index (χ1) is 12.2. The summed E-state index contributed by atoms with van der Waals surface area (Å²) in [6, 6.07) is 7.11. The summed E-state index contributed by atoms with van der Waals surface area (Å²) < 4.78 is 6.75. The number of amides is 3. The summed E-state index contributed by atoms with van der Waals surface area (Å²) in [6.07, 6.45) is 3.03. The number of hydrogen-bond donors (Lipinski definition) is 1. The molecular formula is C16H20N6O3. The smallest absolute Gasteiger partial charge is 0.325 e. The maximum absolute atomic E-state index is 12.5. The van der Waals surface area contributed by atoms with E-state index in [0.717, 1.165) is 11.4 Å². The lowest BCUT2D eigenvalue weighted by Crippen LogP contribution is -2.40. The molecule has 2 heterocycles. The summed E-state index contributed by atoms with van der Waals surface area (Å²) in [5.74, 6) is 0.545. The number of nitrogens with one attached hydrogen (secondary N) is 1. The minimum Gasteiger partial charge on any atom is -0.497 e. The second-order valence-electron chi connectivity index (χ2n) is 5.56. The molecule has 1 fully saturated rings. The number of nitrogens with zero attached hydrogens (tertiary/aromatic N) is 5. The van der Waals surface area contributed by atoms with Crippen LogP contribution >= 0.6 is 0 Å². The molecule has 0 saturated carbocycles. The van der Waals surface area contributed by atoms with Gasteiger partial charge in [-0.2, -0.15) is 5.10 Å². The molecule has 0 aliphatic carbocycles. The largest absolute Gasteiger partial charge is 0.497 e. The zero-order valence-electron chi connectivity index (χ0n) is 14.0. The van der Waals surface area contributed by atoms with E-state index in [9.17, 15) is 9.59 Å². The predicted molar refractivity (Wildman–Crippen MR) is 90.3 cm³/mol. The van der Waals surface area contributed by atoms with Crippen LogP contribution in [0.5, 0.6) is 5.75 Å².